The molecule has 0 saturated heterocycles. The Morgan fingerprint density at radius 3 is 2.62 bits per heavy atom. The van der Waals surface area contributed by atoms with Crippen LogP contribution in [0.4, 0.5) is 5.69 Å². The number of likely N-dealkylation sites (N-methyl/N-ethyl adjacent to an activating group) is 1. The van der Waals surface area contributed by atoms with E-state index in [-0.39, 0.29) is 24.0 Å². The van der Waals surface area contributed by atoms with Crippen molar-refractivity contribution < 1.29 is 15.5 Å². The number of unbranched alkanes of at least 4 members (excludes halogenated alkanes) is 2. The number of nitrogens with zero attached hydrogens (tertiary/aromatic N) is 2. The van der Waals surface area contributed by atoms with Crippen LogP contribution in [0.5, 0.6) is 0 Å². The second-order valence-electron chi connectivity index (χ2n) is 5.20. The van der Waals surface area contributed by atoms with E-state index in [0.717, 1.165) is 37.4 Å². The molecule has 0 unspecified atom stereocenters. The van der Waals surface area contributed by atoms with Gasteiger partial charge in [0.25, 0.3) is 0 Å². The molecule has 3 N–H and O–H groups in total. The maximum absolute atomic E-state index is 8.76. The maximum atomic E-state index is 8.76. The summed E-state index contributed by atoms with van der Waals surface area (Å²) >= 11 is 6.07. The van der Waals surface area contributed by atoms with Gasteiger partial charge in [-0.15, -0.1) is 24.0 Å². The summed E-state index contributed by atoms with van der Waals surface area (Å²) in [6, 6.07) is 6.08. The van der Waals surface area contributed by atoms with Crippen molar-refractivity contribution in [3.8, 4) is 0 Å². The van der Waals surface area contributed by atoms with Crippen LogP contribution in [0, 0.1) is 15.3 Å². The van der Waals surface area contributed by atoms with Crippen LogP contribution in [0.1, 0.15) is 24.8 Å². The van der Waals surface area contributed by atoms with E-state index in [1.165, 1.54) is 16.9 Å². The summed E-state index contributed by atoms with van der Waals surface area (Å²) in [6.45, 7) is 2.29. The molecule has 0 radical (unpaired) electrons. The van der Waals surface area contributed by atoms with Gasteiger partial charge in [-0.3, -0.25) is 0 Å². The highest BCUT2D eigenvalue weighted by Gasteiger charge is 2.18. The molecule has 1 heterocycles. The van der Waals surface area contributed by atoms with Gasteiger partial charge in [0.1, 0.15) is 5.70 Å². The number of hydrogen-bond donors (Lipinski definition) is 2. The average Bonchev–Trinajstić information content (AvgIpc) is 2.49. The molecule has 0 amide bonds. The minimum absolute atomic E-state index is 0. The van der Waals surface area contributed by atoms with Crippen molar-refractivity contribution in [3.05, 3.63) is 50.2 Å². The van der Waals surface area contributed by atoms with Crippen molar-refractivity contribution >= 4 is 47.0 Å². The van der Waals surface area contributed by atoms with Crippen LogP contribution >= 0.6 is 35.6 Å². The first kappa shape index (κ1) is 22.9. The molecule has 7 nitrogen and oxygen atoms in total. The number of rotatable bonds is 6. The van der Waals surface area contributed by atoms with Crippen molar-refractivity contribution in [2.24, 2.45) is 0 Å². The monoisotopic (exact) mass is 471 g/mol. The molecule has 1 aliphatic heterocycles. The lowest BCUT2D eigenvalue weighted by molar-refractivity contribution is -0.563. The van der Waals surface area contributed by atoms with Crippen LogP contribution in [0.3, 0.4) is 0 Å². The van der Waals surface area contributed by atoms with Crippen molar-refractivity contribution in [2.45, 2.75) is 19.3 Å². The molecule has 0 saturated carbocycles. The van der Waals surface area contributed by atoms with Gasteiger partial charge >= 0.3 is 0 Å². The first-order chi connectivity index (χ1) is 11.0. The molecular formula is C15H23ClIN3O4. The van der Waals surface area contributed by atoms with Crippen molar-refractivity contribution in [3.63, 3.8) is 0 Å². The quantitative estimate of drug-likeness (QED) is 0.286. The summed E-state index contributed by atoms with van der Waals surface area (Å²) < 4.78 is 0. The van der Waals surface area contributed by atoms with E-state index >= 15 is 0 Å². The minimum Gasteiger partial charge on any atom is -0.396 e. The molecule has 0 aromatic heterocycles. The maximum Gasteiger partial charge on any atom is 0.136 e. The Balaban J connectivity index is 0.000000954. The molecule has 1 aliphatic rings. The van der Waals surface area contributed by atoms with E-state index in [2.05, 4.69) is 29.4 Å². The number of benzene rings is 1. The van der Waals surface area contributed by atoms with Gasteiger partial charge in [-0.05, 0) is 43.5 Å². The number of halogens is 2. The fraction of sp³-hybridized carbons (Fsp3) is 0.467. The zero-order chi connectivity index (χ0) is 17.2. The number of aliphatic hydroxyl groups excluding tert-OH is 1. The van der Waals surface area contributed by atoms with Crippen LogP contribution < -0.4 is 10.2 Å². The van der Waals surface area contributed by atoms with Crippen molar-refractivity contribution in [1.82, 2.24) is 0 Å². The molecule has 0 fully saturated rings. The van der Waals surface area contributed by atoms with Crippen LogP contribution in [0.2, 0.25) is 5.02 Å². The fourth-order valence-corrected chi connectivity index (χ4v) is 2.56. The predicted octanol–water partition coefficient (Wildman–Crippen LogP) is 2.24. The number of nitrogens with two attached hydrogens (primary N) is 1. The van der Waals surface area contributed by atoms with E-state index in [0.29, 0.717) is 6.61 Å². The fourth-order valence-electron chi connectivity index (χ4n) is 2.39. The molecule has 2 rings (SSSR count). The van der Waals surface area contributed by atoms with Crippen molar-refractivity contribution in [1.29, 1.82) is 0 Å². The molecule has 1 aromatic rings. The molecule has 136 valence electrons. The Bertz CT molecular complexity index is 554. The zero-order valence-electron chi connectivity index (χ0n) is 13.5. The lowest BCUT2D eigenvalue weighted by Gasteiger charge is -2.25. The first-order valence-electron chi connectivity index (χ1n) is 7.42. The SMILES string of the molecule is CN1CC=C([NH2+]CCCCCO)c2ccc(Cl)cc21.I.O=[N+]([O-])[O-]. The average molecular weight is 472 g/mol. The van der Waals surface area contributed by atoms with Gasteiger partial charge < -0.3 is 30.6 Å². The van der Waals surface area contributed by atoms with Crippen LogP contribution in [-0.2, 0) is 0 Å². The van der Waals surface area contributed by atoms with Gasteiger partial charge in [-0.1, -0.05) is 11.6 Å². The summed E-state index contributed by atoms with van der Waals surface area (Å²) in [4.78, 5) is 10.5. The van der Waals surface area contributed by atoms with Gasteiger partial charge in [-0.25, -0.2) is 0 Å². The van der Waals surface area contributed by atoms with E-state index < -0.39 is 5.09 Å². The normalized spacial score (nSPS) is 12.3. The molecular weight excluding hydrogens is 449 g/mol. The van der Waals surface area contributed by atoms with Gasteiger partial charge in [0, 0.05) is 25.2 Å². The summed E-state index contributed by atoms with van der Waals surface area (Å²) in [7, 11) is 2.09. The second kappa shape index (κ2) is 12.3. The number of aliphatic hydroxyl groups is 1. The first-order valence-corrected chi connectivity index (χ1v) is 7.80. The van der Waals surface area contributed by atoms with Crippen LogP contribution in [0.25, 0.3) is 5.70 Å². The minimum atomic E-state index is -1.75. The largest absolute Gasteiger partial charge is 0.396 e. The molecule has 0 aliphatic carbocycles. The lowest BCUT2D eigenvalue weighted by atomic mass is 10.0. The van der Waals surface area contributed by atoms with Crippen molar-refractivity contribution in [2.75, 3.05) is 31.6 Å². The highest BCUT2D eigenvalue weighted by atomic mass is 127. The third kappa shape index (κ3) is 8.13. The lowest BCUT2D eigenvalue weighted by Crippen LogP contribution is -2.81. The van der Waals surface area contributed by atoms with E-state index in [9.17, 15) is 0 Å². The molecule has 0 spiro atoms. The third-order valence-electron chi connectivity index (χ3n) is 3.49. The molecule has 1 aromatic carbocycles. The Morgan fingerprint density at radius 2 is 2.00 bits per heavy atom. The van der Waals surface area contributed by atoms with E-state index in [4.69, 9.17) is 32.0 Å². The molecule has 24 heavy (non-hydrogen) atoms. The van der Waals surface area contributed by atoms with Crippen LogP contribution in [0.15, 0.2) is 24.3 Å². The van der Waals surface area contributed by atoms with Gasteiger partial charge in [0.15, 0.2) is 0 Å². The number of anilines is 1. The Morgan fingerprint density at radius 1 is 1.33 bits per heavy atom. The summed E-state index contributed by atoms with van der Waals surface area (Å²) in [6.07, 6.45) is 5.40. The van der Waals surface area contributed by atoms with Gasteiger partial charge in [0.05, 0.1) is 22.9 Å². The number of hydrogen-bond acceptors (Lipinski definition) is 5. The second-order valence-corrected chi connectivity index (χ2v) is 5.64. The smallest absolute Gasteiger partial charge is 0.136 e. The Kier molecular flexibility index (Phi) is 11.7. The van der Waals surface area contributed by atoms with Crippen LogP contribution in [-0.4, -0.2) is 36.9 Å². The number of quaternary nitrogens is 1. The zero-order valence-corrected chi connectivity index (χ0v) is 16.6. The topological polar surface area (TPSA) is 106 Å². The standard InChI is InChI=1S/C15H21ClN2O.HI.NO3/c1-18-9-7-14(17-8-3-2-4-10-19)13-6-5-12(16)11-15(13)18;;2-1(3)4/h5-7,11,17,19H,2-4,8-10H2,1H3;1H;/q;;-1/p+1. The Hall–Kier alpha value is -1.10. The summed E-state index contributed by atoms with van der Waals surface area (Å²) in [5, 5.41) is 26.6. The van der Waals surface area contributed by atoms with E-state index in [1.807, 2.05) is 12.1 Å². The molecule has 9 heteroatoms. The highest BCUT2D eigenvalue weighted by Crippen LogP contribution is 2.29. The predicted molar refractivity (Wildman–Crippen MR) is 106 cm³/mol. The number of fused-ring (bicyclic) bond motifs is 1. The summed E-state index contributed by atoms with van der Waals surface area (Å²) in [5.74, 6) is 0. The highest BCUT2D eigenvalue weighted by molar-refractivity contribution is 14.0. The van der Waals surface area contributed by atoms with E-state index in [1.54, 1.807) is 0 Å². The van der Waals surface area contributed by atoms with Gasteiger partial charge in [0.2, 0.25) is 0 Å². The molecule has 0 atom stereocenters. The van der Waals surface area contributed by atoms with Gasteiger partial charge in [-0.2, -0.15) is 0 Å². The third-order valence-corrected chi connectivity index (χ3v) is 3.73. The summed E-state index contributed by atoms with van der Waals surface area (Å²) in [5.41, 5.74) is 3.78. The Labute approximate surface area is 163 Å². The molecule has 0 bridgehead atoms.